The Hall–Kier alpha value is -2.59. The number of carbonyl (C=O) groups is 1. The van der Waals surface area contributed by atoms with E-state index in [1.54, 1.807) is 0 Å². The average molecular weight is 466 g/mol. The van der Waals surface area contributed by atoms with E-state index in [0.29, 0.717) is 31.6 Å². The van der Waals surface area contributed by atoms with Crippen LogP contribution in [0.2, 0.25) is 0 Å². The topological polar surface area (TPSA) is 102 Å². The van der Waals surface area contributed by atoms with E-state index in [1.807, 2.05) is 0 Å². The number of sulfone groups is 1. The second-order valence-electron chi connectivity index (χ2n) is 8.95. The van der Waals surface area contributed by atoms with Crippen LogP contribution in [0.3, 0.4) is 0 Å². The van der Waals surface area contributed by atoms with Gasteiger partial charge in [-0.15, -0.1) is 0 Å². The van der Waals surface area contributed by atoms with Crippen LogP contribution in [-0.2, 0) is 14.6 Å². The molecule has 2 aromatic carbocycles. The van der Waals surface area contributed by atoms with E-state index in [9.17, 15) is 26.4 Å². The Morgan fingerprint density at radius 3 is 2.22 bits per heavy atom. The van der Waals surface area contributed by atoms with Gasteiger partial charge < -0.3 is 15.8 Å². The molecule has 1 heterocycles. The van der Waals surface area contributed by atoms with E-state index >= 15 is 0 Å². The molecule has 1 aliphatic heterocycles. The van der Waals surface area contributed by atoms with Crippen molar-refractivity contribution in [2.45, 2.75) is 41.4 Å². The molecule has 1 unspecified atom stereocenters. The molecule has 3 aliphatic rings. The Labute approximate surface area is 182 Å². The summed E-state index contributed by atoms with van der Waals surface area (Å²) < 4.78 is 72.7. The van der Waals surface area contributed by atoms with Crippen LogP contribution in [0.15, 0.2) is 35.2 Å². The summed E-state index contributed by atoms with van der Waals surface area (Å²) in [6, 6.07) is 5.11. The largest absolute Gasteiger partial charge is 0.398 e. The highest BCUT2D eigenvalue weighted by molar-refractivity contribution is 7.92. The molecule has 0 radical (unpaired) electrons. The SMILES string of the molecule is Nc1ccc(C(=O)Nc2cc(F)c(F)c(F)c2)cc1S(=O)(=O)[C@H]1C2CC[C@H]1C[C@]1(CO1)C2. The number of anilines is 2. The van der Waals surface area contributed by atoms with E-state index in [2.05, 4.69) is 5.32 Å². The molecule has 4 atom stereocenters. The summed E-state index contributed by atoms with van der Waals surface area (Å²) in [5, 5.41) is 1.67. The normalized spacial score (nSPS) is 28.7. The Balaban J connectivity index is 1.43. The fourth-order valence-electron chi connectivity index (χ4n) is 5.36. The summed E-state index contributed by atoms with van der Waals surface area (Å²) in [6.45, 7) is 0.676. The van der Waals surface area contributed by atoms with Crippen molar-refractivity contribution in [2.24, 2.45) is 11.8 Å². The molecule has 2 aliphatic carbocycles. The number of halogens is 3. The van der Waals surface area contributed by atoms with E-state index in [-0.39, 0.29) is 39.3 Å². The molecule has 2 saturated carbocycles. The summed E-state index contributed by atoms with van der Waals surface area (Å²) in [7, 11) is -3.83. The monoisotopic (exact) mass is 466 g/mol. The van der Waals surface area contributed by atoms with Gasteiger partial charge in [-0.25, -0.2) is 21.6 Å². The Morgan fingerprint density at radius 1 is 1.06 bits per heavy atom. The molecular formula is C22H21F3N2O4S. The maximum absolute atomic E-state index is 13.6. The summed E-state index contributed by atoms with van der Waals surface area (Å²) in [6.07, 6.45) is 3.02. The number of epoxide rings is 1. The van der Waals surface area contributed by atoms with E-state index in [0.717, 1.165) is 12.8 Å². The average Bonchev–Trinajstić information content (AvgIpc) is 3.40. The molecule has 10 heteroatoms. The fourth-order valence-corrected chi connectivity index (χ4v) is 7.82. The van der Waals surface area contributed by atoms with Gasteiger partial charge in [0.05, 0.1) is 28.0 Å². The maximum atomic E-state index is 13.6. The first kappa shape index (κ1) is 21.3. The highest BCUT2D eigenvalue weighted by Gasteiger charge is 2.60. The molecule has 2 bridgehead atoms. The summed E-state index contributed by atoms with van der Waals surface area (Å²) in [4.78, 5) is 12.5. The third-order valence-electron chi connectivity index (χ3n) is 6.84. The number of ether oxygens (including phenoxy) is 1. The zero-order chi connectivity index (χ0) is 22.8. The van der Waals surface area contributed by atoms with E-state index in [4.69, 9.17) is 10.5 Å². The van der Waals surface area contributed by atoms with Crippen LogP contribution in [0.25, 0.3) is 0 Å². The summed E-state index contributed by atoms with van der Waals surface area (Å²) in [5.41, 5.74) is 5.51. The number of fused-ring (bicyclic) bond motifs is 2. The molecular weight excluding hydrogens is 445 g/mol. The molecule has 5 rings (SSSR count). The Bertz CT molecular complexity index is 1190. The van der Waals surface area contributed by atoms with Crippen LogP contribution in [0.4, 0.5) is 24.5 Å². The standard InChI is InChI=1S/C22H21F3N2O4S/c23-15-6-14(7-16(24)19(15)25)27-21(28)11-3-4-17(26)18(5-11)32(29,30)20-12-1-2-13(20)9-22(8-12)10-31-22/h3-7,12-13,20H,1-2,8-10,26H2,(H,27,28)/t12-,13?,20+,22+/m0/s1. The minimum atomic E-state index is -3.83. The van der Waals surface area contributed by atoms with Crippen molar-refractivity contribution in [3.05, 3.63) is 53.3 Å². The molecule has 1 saturated heterocycles. The number of carbonyl (C=O) groups excluding carboxylic acids is 1. The zero-order valence-corrected chi connectivity index (χ0v) is 17.7. The van der Waals surface area contributed by atoms with Gasteiger partial charge in [0.25, 0.3) is 5.91 Å². The van der Waals surface area contributed by atoms with Crippen LogP contribution in [0.5, 0.6) is 0 Å². The molecule has 32 heavy (non-hydrogen) atoms. The van der Waals surface area contributed by atoms with Crippen molar-refractivity contribution in [3.8, 4) is 0 Å². The summed E-state index contributed by atoms with van der Waals surface area (Å²) in [5.74, 6) is -5.41. The van der Waals surface area contributed by atoms with Crippen molar-refractivity contribution >= 4 is 27.1 Å². The first-order chi connectivity index (χ1) is 15.1. The van der Waals surface area contributed by atoms with Crippen molar-refractivity contribution in [3.63, 3.8) is 0 Å². The van der Waals surface area contributed by atoms with Gasteiger partial charge in [-0.05, 0) is 55.7 Å². The quantitative estimate of drug-likeness (QED) is 0.407. The van der Waals surface area contributed by atoms with Gasteiger partial charge in [-0.1, -0.05) is 0 Å². The number of nitrogens with one attached hydrogen (secondary N) is 1. The van der Waals surface area contributed by atoms with Gasteiger partial charge in [-0.2, -0.15) is 0 Å². The van der Waals surface area contributed by atoms with Crippen molar-refractivity contribution in [1.82, 2.24) is 0 Å². The third kappa shape index (κ3) is 3.45. The van der Waals surface area contributed by atoms with Gasteiger partial charge in [0.1, 0.15) is 0 Å². The number of nitrogens with two attached hydrogens (primary N) is 1. The lowest BCUT2D eigenvalue weighted by molar-refractivity contribution is 0.102. The molecule has 2 aromatic rings. The highest BCUT2D eigenvalue weighted by atomic mass is 32.2. The molecule has 1 amide bonds. The van der Waals surface area contributed by atoms with E-state index in [1.165, 1.54) is 18.2 Å². The number of amides is 1. The summed E-state index contributed by atoms with van der Waals surface area (Å²) >= 11 is 0. The van der Waals surface area contributed by atoms with Crippen LogP contribution in [0, 0.1) is 29.3 Å². The maximum Gasteiger partial charge on any atom is 0.255 e. The molecule has 3 N–H and O–H groups in total. The lowest BCUT2D eigenvalue weighted by Crippen LogP contribution is -2.40. The lowest BCUT2D eigenvalue weighted by atomic mass is 9.81. The van der Waals surface area contributed by atoms with E-state index < -0.39 is 38.4 Å². The van der Waals surface area contributed by atoms with Gasteiger partial charge in [0.2, 0.25) is 0 Å². The second-order valence-corrected chi connectivity index (χ2v) is 11.0. The molecule has 6 nitrogen and oxygen atoms in total. The van der Waals surface area contributed by atoms with Crippen molar-refractivity contribution < 1.29 is 31.1 Å². The second kappa shape index (κ2) is 7.21. The lowest BCUT2D eigenvalue weighted by Gasteiger charge is -2.33. The Kier molecular flexibility index (Phi) is 4.79. The minimum absolute atomic E-state index is 0.0247. The zero-order valence-electron chi connectivity index (χ0n) is 16.9. The molecule has 170 valence electrons. The number of nitrogen functional groups attached to an aromatic ring is 1. The number of benzene rings is 2. The van der Waals surface area contributed by atoms with Crippen LogP contribution in [-0.4, -0.2) is 31.8 Å². The van der Waals surface area contributed by atoms with Crippen LogP contribution >= 0.6 is 0 Å². The van der Waals surface area contributed by atoms with Crippen molar-refractivity contribution in [2.75, 3.05) is 17.7 Å². The van der Waals surface area contributed by atoms with Crippen LogP contribution in [0.1, 0.15) is 36.0 Å². The van der Waals surface area contributed by atoms with Crippen LogP contribution < -0.4 is 11.1 Å². The van der Waals surface area contributed by atoms with Crippen molar-refractivity contribution in [1.29, 1.82) is 0 Å². The third-order valence-corrected chi connectivity index (χ3v) is 9.29. The predicted molar refractivity (Wildman–Crippen MR) is 110 cm³/mol. The first-order valence-electron chi connectivity index (χ1n) is 10.3. The smallest absolute Gasteiger partial charge is 0.255 e. The fraction of sp³-hybridized carbons (Fsp3) is 0.409. The molecule has 0 aromatic heterocycles. The first-order valence-corrected chi connectivity index (χ1v) is 11.9. The Morgan fingerprint density at radius 2 is 1.66 bits per heavy atom. The minimum Gasteiger partial charge on any atom is -0.398 e. The highest BCUT2D eigenvalue weighted by Crippen LogP contribution is 2.56. The number of hydrogen-bond acceptors (Lipinski definition) is 5. The van der Waals surface area contributed by atoms with Gasteiger partial charge in [0.15, 0.2) is 27.3 Å². The predicted octanol–water partition coefficient (Wildman–Crippen LogP) is 3.67. The van der Waals surface area contributed by atoms with Gasteiger partial charge >= 0.3 is 0 Å². The number of hydrogen-bond donors (Lipinski definition) is 2. The molecule has 1 spiro atoms. The van der Waals surface area contributed by atoms with Gasteiger partial charge in [-0.3, -0.25) is 4.79 Å². The number of rotatable bonds is 4. The van der Waals surface area contributed by atoms with Gasteiger partial charge in [0, 0.05) is 23.4 Å². The molecule has 3 fully saturated rings.